The summed E-state index contributed by atoms with van der Waals surface area (Å²) in [6, 6.07) is 9.82. The summed E-state index contributed by atoms with van der Waals surface area (Å²) in [6.07, 6.45) is 3.60. The van der Waals surface area contributed by atoms with Gasteiger partial charge in [0, 0.05) is 12.6 Å². The summed E-state index contributed by atoms with van der Waals surface area (Å²) >= 11 is 0. The first-order chi connectivity index (χ1) is 8.74. The third-order valence-corrected chi connectivity index (χ3v) is 3.57. The number of hydrogen-bond acceptors (Lipinski definition) is 2. The molecule has 18 heavy (non-hydrogen) atoms. The average Bonchev–Trinajstić information content (AvgIpc) is 2.84. The van der Waals surface area contributed by atoms with Crippen LogP contribution in [0.2, 0.25) is 0 Å². The van der Waals surface area contributed by atoms with Gasteiger partial charge in [-0.3, -0.25) is 0 Å². The Morgan fingerprint density at radius 1 is 1.22 bits per heavy atom. The maximum absolute atomic E-state index is 3.61. The molecule has 1 aromatic rings. The summed E-state index contributed by atoms with van der Waals surface area (Å²) in [5.41, 5.74) is 2.91. The van der Waals surface area contributed by atoms with Crippen LogP contribution in [0, 0.1) is 5.92 Å². The second kappa shape index (κ2) is 6.91. The zero-order valence-electron chi connectivity index (χ0n) is 11.7. The standard InChI is InChI=1S/C16H26N2/c1-13(2)11-15-5-3-14(4-6-15)7-10-18-16-8-9-17-12-16/h3-6,13,16-18H,7-12H2,1-2H3. The first kappa shape index (κ1) is 13.6. The zero-order chi connectivity index (χ0) is 12.8. The third kappa shape index (κ3) is 4.43. The first-order valence-electron chi connectivity index (χ1n) is 7.26. The quantitative estimate of drug-likeness (QED) is 0.805. The Kier molecular flexibility index (Phi) is 5.21. The van der Waals surface area contributed by atoms with Crippen LogP contribution in [0.5, 0.6) is 0 Å². The third-order valence-electron chi connectivity index (χ3n) is 3.57. The summed E-state index contributed by atoms with van der Waals surface area (Å²) in [7, 11) is 0. The minimum Gasteiger partial charge on any atom is -0.315 e. The fourth-order valence-corrected chi connectivity index (χ4v) is 2.56. The molecule has 0 aliphatic carbocycles. The van der Waals surface area contributed by atoms with Crippen LogP contribution >= 0.6 is 0 Å². The van der Waals surface area contributed by atoms with Gasteiger partial charge in [0.25, 0.3) is 0 Å². The molecule has 0 spiro atoms. The largest absolute Gasteiger partial charge is 0.315 e. The Morgan fingerprint density at radius 3 is 2.56 bits per heavy atom. The highest BCUT2D eigenvalue weighted by molar-refractivity contribution is 5.23. The molecule has 0 radical (unpaired) electrons. The van der Waals surface area contributed by atoms with E-state index in [4.69, 9.17) is 0 Å². The van der Waals surface area contributed by atoms with Crippen molar-refractivity contribution in [2.45, 2.75) is 39.2 Å². The van der Waals surface area contributed by atoms with Gasteiger partial charge in [0.15, 0.2) is 0 Å². The van der Waals surface area contributed by atoms with Crippen LogP contribution in [0.4, 0.5) is 0 Å². The summed E-state index contributed by atoms with van der Waals surface area (Å²) in [5, 5.41) is 7.00. The lowest BCUT2D eigenvalue weighted by atomic mass is 10.0. The van der Waals surface area contributed by atoms with Crippen molar-refractivity contribution in [1.82, 2.24) is 10.6 Å². The average molecular weight is 246 g/mol. The van der Waals surface area contributed by atoms with Crippen LogP contribution in [0.3, 0.4) is 0 Å². The van der Waals surface area contributed by atoms with Crippen molar-refractivity contribution in [3.05, 3.63) is 35.4 Å². The molecule has 100 valence electrons. The summed E-state index contributed by atoms with van der Waals surface area (Å²) in [4.78, 5) is 0. The molecule has 2 N–H and O–H groups in total. The minimum absolute atomic E-state index is 0.685. The fraction of sp³-hybridized carbons (Fsp3) is 0.625. The van der Waals surface area contributed by atoms with Crippen molar-refractivity contribution in [3.8, 4) is 0 Å². The number of benzene rings is 1. The monoisotopic (exact) mass is 246 g/mol. The van der Waals surface area contributed by atoms with E-state index in [1.165, 1.54) is 30.5 Å². The van der Waals surface area contributed by atoms with Gasteiger partial charge in [-0.05, 0) is 49.4 Å². The SMILES string of the molecule is CC(C)Cc1ccc(CCNC2CCNC2)cc1. The molecule has 1 heterocycles. The Balaban J connectivity index is 1.72. The maximum Gasteiger partial charge on any atom is 0.0204 e. The van der Waals surface area contributed by atoms with Gasteiger partial charge in [0.05, 0.1) is 0 Å². The van der Waals surface area contributed by atoms with Gasteiger partial charge in [-0.15, -0.1) is 0 Å². The lowest BCUT2D eigenvalue weighted by Gasteiger charge is -2.11. The Bertz CT molecular complexity index is 337. The van der Waals surface area contributed by atoms with Crippen LogP contribution in [0.1, 0.15) is 31.4 Å². The molecule has 2 rings (SSSR count). The van der Waals surface area contributed by atoms with E-state index in [1.54, 1.807) is 0 Å². The van der Waals surface area contributed by atoms with Crippen LogP contribution < -0.4 is 10.6 Å². The lowest BCUT2D eigenvalue weighted by Crippen LogP contribution is -2.32. The van der Waals surface area contributed by atoms with Crippen molar-refractivity contribution in [2.75, 3.05) is 19.6 Å². The molecule has 1 atom stereocenters. The number of hydrogen-bond donors (Lipinski definition) is 2. The second-order valence-electron chi connectivity index (χ2n) is 5.81. The molecular weight excluding hydrogens is 220 g/mol. The molecule has 0 amide bonds. The van der Waals surface area contributed by atoms with Gasteiger partial charge in [-0.1, -0.05) is 38.1 Å². The van der Waals surface area contributed by atoms with Crippen LogP contribution in [0.25, 0.3) is 0 Å². The highest BCUT2D eigenvalue weighted by atomic mass is 15.0. The molecule has 1 aliphatic rings. The molecule has 1 saturated heterocycles. The Labute approximate surface area is 111 Å². The predicted octanol–water partition coefficient (Wildman–Crippen LogP) is 2.38. The molecular formula is C16H26N2. The number of nitrogens with one attached hydrogen (secondary N) is 2. The normalized spacial score (nSPS) is 19.6. The van der Waals surface area contributed by atoms with Gasteiger partial charge in [-0.2, -0.15) is 0 Å². The summed E-state index contributed by atoms with van der Waals surface area (Å²) in [5.74, 6) is 0.743. The highest BCUT2D eigenvalue weighted by Crippen LogP contribution is 2.10. The minimum atomic E-state index is 0.685. The molecule has 0 bridgehead atoms. The van der Waals surface area contributed by atoms with E-state index >= 15 is 0 Å². The molecule has 1 aliphatic heterocycles. The van der Waals surface area contributed by atoms with E-state index in [2.05, 4.69) is 48.7 Å². The zero-order valence-corrected chi connectivity index (χ0v) is 11.7. The van der Waals surface area contributed by atoms with E-state index in [9.17, 15) is 0 Å². The van der Waals surface area contributed by atoms with Gasteiger partial charge in [0.1, 0.15) is 0 Å². The second-order valence-corrected chi connectivity index (χ2v) is 5.81. The van der Waals surface area contributed by atoms with Gasteiger partial charge >= 0.3 is 0 Å². The Morgan fingerprint density at radius 2 is 1.94 bits per heavy atom. The molecule has 1 unspecified atom stereocenters. The number of rotatable bonds is 6. The molecule has 0 aromatic heterocycles. The van der Waals surface area contributed by atoms with Crippen molar-refractivity contribution in [2.24, 2.45) is 5.92 Å². The summed E-state index contributed by atoms with van der Waals surface area (Å²) in [6.45, 7) is 7.94. The fourth-order valence-electron chi connectivity index (χ4n) is 2.56. The smallest absolute Gasteiger partial charge is 0.0204 e. The topological polar surface area (TPSA) is 24.1 Å². The van der Waals surface area contributed by atoms with E-state index in [0.29, 0.717) is 6.04 Å². The van der Waals surface area contributed by atoms with Crippen molar-refractivity contribution in [3.63, 3.8) is 0 Å². The van der Waals surface area contributed by atoms with E-state index in [-0.39, 0.29) is 0 Å². The van der Waals surface area contributed by atoms with Crippen LogP contribution in [0.15, 0.2) is 24.3 Å². The first-order valence-corrected chi connectivity index (χ1v) is 7.26. The van der Waals surface area contributed by atoms with E-state index in [1.807, 2.05) is 0 Å². The van der Waals surface area contributed by atoms with Crippen molar-refractivity contribution >= 4 is 0 Å². The van der Waals surface area contributed by atoms with Crippen LogP contribution in [-0.2, 0) is 12.8 Å². The van der Waals surface area contributed by atoms with Gasteiger partial charge in [-0.25, -0.2) is 0 Å². The highest BCUT2D eigenvalue weighted by Gasteiger charge is 2.12. The molecule has 0 saturated carbocycles. The van der Waals surface area contributed by atoms with Crippen LogP contribution in [-0.4, -0.2) is 25.7 Å². The van der Waals surface area contributed by atoms with Gasteiger partial charge < -0.3 is 10.6 Å². The predicted molar refractivity (Wildman–Crippen MR) is 78.0 cm³/mol. The van der Waals surface area contributed by atoms with Gasteiger partial charge in [0.2, 0.25) is 0 Å². The van der Waals surface area contributed by atoms with E-state index in [0.717, 1.165) is 25.4 Å². The van der Waals surface area contributed by atoms with Crippen molar-refractivity contribution < 1.29 is 0 Å². The van der Waals surface area contributed by atoms with E-state index < -0.39 is 0 Å². The molecule has 2 heteroatoms. The summed E-state index contributed by atoms with van der Waals surface area (Å²) < 4.78 is 0. The molecule has 2 nitrogen and oxygen atoms in total. The lowest BCUT2D eigenvalue weighted by molar-refractivity contribution is 0.550. The Hall–Kier alpha value is -0.860. The maximum atomic E-state index is 3.61. The molecule has 1 aromatic carbocycles. The van der Waals surface area contributed by atoms with Crippen molar-refractivity contribution in [1.29, 1.82) is 0 Å². The molecule has 1 fully saturated rings.